The van der Waals surface area contributed by atoms with E-state index in [4.69, 9.17) is 9.78 Å². The van der Waals surface area contributed by atoms with Crippen LogP contribution in [0.1, 0.15) is 36.5 Å². The third-order valence-electron chi connectivity index (χ3n) is 4.18. The van der Waals surface area contributed by atoms with Crippen LogP contribution in [0.5, 0.6) is 0 Å². The van der Waals surface area contributed by atoms with Crippen molar-refractivity contribution >= 4 is 11.9 Å². The van der Waals surface area contributed by atoms with Gasteiger partial charge in [-0.25, -0.2) is 4.79 Å². The van der Waals surface area contributed by atoms with E-state index in [0.29, 0.717) is 18.7 Å². The number of rotatable bonds is 8. The maximum Gasteiger partial charge on any atom is 0.359 e. The minimum atomic E-state index is -1.04. The summed E-state index contributed by atoms with van der Waals surface area (Å²) in [5.41, 5.74) is 2.53. The van der Waals surface area contributed by atoms with Crippen molar-refractivity contribution in [2.24, 2.45) is 0 Å². The Balaban J connectivity index is 2.12. The second-order valence-corrected chi connectivity index (χ2v) is 6.00. The largest absolute Gasteiger partial charge is 0.359 e. The molecule has 5 heteroatoms. The molecule has 0 saturated carbocycles. The van der Waals surface area contributed by atoms with Gasteiger partial charge in [-0.3, -0.25) is 9.68 Å². The van der Waals surface area contributed by atoms with Gasteiger partial charge in [-0.15, -0.1) is 0 Å². The number of benzene rings is 2. The number of hydrogen-bond donors (Lipinski definition) is 0. The van der Waals surface area contributed by atoms with Gasteiger partial charge in [-0.05, 0) is 31.9 Å². The monoisotopic (exact) mass is 355 g/mol. The summed E-state index contributed by atoms with van der Waals surface area (Å²) in [7, 11) is 0. The molecule has 0 radical (unpaired) electrons. The molecule has 0 fully saturated rings. The van der Waals surface area contributed by atoms with Crippen LogP contribution in [-0.2, 0) is 26.0 Å². The summed E-state index contributed by atoms with van der Waals surface area (Å²) in [5, 5.41) is 0. The van der Waals surface area contributed by atoms with Gasteiger partial charge in [0.15, 0.2) is 5.92 Å². The summed E-state index contributed by atoms with van der Waals surface area (Å²) in [5.74, 6) is -2.03. The second kappa shape index (κ2) is 9.73. The molecule has 1 atom stereocenters. The van der Waals surface area contributed by atoms with Crippen LogP contribution in [0.15, 0.2) is 54.6 Å². The van der Waals surface area contributed by atoms with Crippen molar-refractivity contribution in [2.45, 2.75) is 33.3 Å². The molecular formula is C21H25NO4. The third-order valence-corrected chi connectivity index (χ3v) is 4.18. The Hall–Kier alpha value is -2.66. The SMILES string of the molecule is CCN(CC)C(=O)C(C(=O)OOCc1ccccc1)c1ccc(C)cc1. The Morgan fingerprint density at radius 3 is 2.15 bits per heavy atom. The maximum atomic E-state index is 12.8. The molecule has 0 spiro atoms. The van der Waals surface area contributed by atoms with Gasteiger partial charge in [-0.1, -0.05) is 60.2 Å². The molecule has 138 valence electrons. The van der Waals surface area contributed by atoms with E-state index in [1.807, 2.05) is 63.2 Å². The molecule has 0 aliphatic rings. The van der Waals surface area contributed by atoms with Crippen molar-refractivity contribution in [3.8, 4) is 0 Å². The molecule has 5 nitrogen and oxygen atoms in total. The van der Waals surface area contributed by atoms with Crippen molar-refractivity contribution < 1.29 is 19.4 Å². The Bertz CT molecular complexity index is 709. The van der Waals surface area contributed by atoms with E-state index in [9.17, 15) is 9.59 Å². The van der Waals surface area contributed by atoms with Gasteiger partial charge in [0.2, 0.25) is 5.91 Å². The second-order valence-electron chi connectivity index (χ2n) is 6.00. The highest BCUT2D eigenvalue weighted by molar-refractivity contribution is 6.03. The third kappa shape index (κ3) is 5.17. The Kier molecular flexibility index (Phi) is 7.36. The predicted molar refractivity (Wildman–Crippen MR) is 99.2 cm³/mol. The average Bonchev–Trinajstić information content (AvgIpc) is 2.65. The fourth-order valence-electron chi connectivity index (χ4n) is 2.63. The average molecular weight is 355 g/mol. The van der Waals surface area contributed by atoms with Crippen molar-refractivity contribution in [1.82, 2.24) is 4.90 Å². The molecule has 1 amide bonds. The molecule has 2 rings (SSSR count). The van der Waals surface area contributed by atoms with Gasteiger partial charge in [0.1, 0.15) is 6.61 Å². The van der Waals surface area contributed by atoms with Crippen molar-refractivity contribution in [3.05, 3.63) is 71.3 Å². The van der Waals surface area contributed by atoms with E-state index < -0.39 is 11.9 Å². The molecule has 0 saturated heterocycles. The van der Waals surface area contributed by atoms with Gasteiger partial charge in [-0.2, -0.15) is 4.89 Å². The molecule has 0 heterocycles. The van der Waals surface area contributed by atoms with Crippen LogP contribution >= 0.6 is 0 Å². The summed E-state index contributed by atoms with van der Waals surface area (Å²) >= 11 is 0. The molecule has 0 aromatic heterocycles. The fourth-order valence-corrected chi connectivity index (χ4v) is 2.63. The van der Waals surface area contributed by atoms with E-state index >= 15 is 0 Å². The smallest absolute Gasteiger partial charge is 0.342 e. The van der Waals surface area contributed by atoms with E-state index in [1.54, 1.807) is 17.0 Å². The van der Waals surface area contributed by atoms with Gasteiger partial charge in [0.25, 0.3) is 0 Å². The lowest BCUT2D eigenvalue weighted by atomic mass is 9.96. The Morgan fingerprint density at radius 2 is 1.58 bits per heavy atom. The number of amides is 1. The molecule has 0 bridgehead atoms. The van der Waals surface area contributed by atoms with E-state index in [1.165, 1.54) is 0 Å². The predicted octanol–water partition coefficient (Wildman–Crippen LogP) is 3.62. The Labute approximate surface area is 154 Å². The molecule has 0 N–H and O–H groups in total. The summed E-state index contributed by atoms with van der Waals surface area (Å²) in [4.78, 5) is 37.1. The van der Waals surface area contributed by atoms with Crippen LogP contribution in [0.25, 0.3) is 0 Å². The minimum Gasteiger partial charge on any atom is -0.342 e. The van der Waals surface area contributed by atoms with Crippen LogP contribution in [0.3, 0.4) is 0 Å². The lowest BCUT2D eigenvalue weighted by Gasteiger charge is -2.24. The van der Waals surface area contributed by atoms with E-state index in [-0.39, 0.29) is 12.5 Å². The van der Waals surface area contributed by atoms with Gasteiger partial charge >= 0.3 is 5.97 Å². The zero-order chi connectivity index (χ0) is 18.9. The number of nitrogens with zero attached hydrogens (tertiary/aromatic N) is 1. The summed E-state index contributed by atoms with van der Waals surface area (Å²) < 4.78 is 0. The standard InChI is InChI=1S/C21H25NO4/c1-4-22(5-2)20(23)19(18-13-11-16(3)12-14-18)21(24)26-25-15-17-9-7-6-8-10-17/h6-14,19H,4-5,15H2,1-3H3. The molecule has 2 aromatic carbocycles. The first-order valence-corrected chi connectivity index (χ1v) is 8.79. The van der Waals surface area contributed by atoms with E-state index in [2.05, 4.69) is 0 Å². The summed E-state index contributed by atoms with van der Waals surface area (Å²) in [6.45, 7) is 6.89. The molecule has 1 unspecified atom stereocenters. The highest BCUT2D eigenvalue weighted by atomic mass is 17.2. The molecule has 0 aliphatic heterocycles. The van der Waals surface area contributed by atoms with E-state index in [0.717, 1.165) is 11.1 Å². The Morgan fingerprint density at radius 1 is 0.962 bits per heavy atom. The normalized spacial score (nSPS) is 11.7. The van der Waals surface area contributed by atoms with Crippen LogP contribution < -0.4 is 0 Å². The van der Waals surface area contributed by atoms with Crippen molar-refractivity contribution in [3.63, 3.8) is 0 Å². The summed E-state index contributed by atoms with van der Waals surface area (Å²) in [6, 6.07) is 16.7. The maximum absolute atomic E-state index is 12.8. The van der Waals surface area contributed by atoms with Crippen molar-refractivity contribution in [1.29, 1.82) is 0 Å². The quantitative estimate of drug-likeness (QED) is 0.412. The summed E-state index contributed by atoms with van der Waals surface area (Å²) in [6.07, 6.45) is 0. The lowest BCUT2D eigenvalue weighted by molar-refractivity contribution is -0.280. The first kappa shape index (κ1) is 19.7. The first-order chi connectivity index (χ1) is 12.6. The van der Waals surface area contributed by atoms with Crippen LogP contribution in [0.2, 0.25) is 0 Å². The molecule has 2 aromatic rings. The van der Waals surface area contributed by atoms with Gasteiger partial charge in [0.05, 0.1) is 0 Å². The molecule has 26 heavy (non-hydrogen) atoms. The highest BCUT2D eigenvalue weighted by Crippen LogP contribution is 2.22. The zero-order valence-corrected chi connectivity index (χ0v) is 15.5. The lowest BCUT2D eigenvalue weighted by Crippen LogP contribution is -2.38. The molecular weight excluding hydrogens is 330 g/mol. The number of hydrogen-bond acceptors (Lipinski definition) is 4. The minimum absolute atomic E-state index is 0.132. The topological polar surface area (TPSA) is 55.8 Å². The first-order valence-electron chi connectivity index (χ1n) is 8.79. The van der Waals surface area contributed by atoms with Gasteiger partial charge < -0.3 is 4.90 Å². The highest BCUT2D eigenvalue weighted by Gasteiger charge is 2.33. The number of carbonyl (C=O) groups excluding carboxylic acids is 2. The number of carbonyl (C=O) groups is 2. The number of likely N-dealkylation sites (N-methyl/N-ethyl adjacent to an activating group) is 1. The zero-order valence-electron chi connectivity index (χ0n) is 15.5. The fraction of sp³-hybridized carbons (Fsp3) is 0.333. The molecule has 0 aliphatic carbocycles. The van der Waals surface area contributed by atoms with Crippen LogP contribution in [0, 0.1) is 6.92 Å². The van der Waals surface area contributed by atoms with Crippen LogP contribution in [-0.4, -0.2) is 29.9 Å². The number of aryl methyl sites for hydroxylation is 1. The van der Waals surface area contributed by atoms with Crippen molar-refractivity contribution in [2.75, 3.05) is 13.1 Å². The van der Waals surface area contributed by atoms with Gasteiger partial charge in [0, 0.05) is 13.1 Å². The van der Waals surface area contributed by atoms with Crippen LogP contribution in [0.4, 0.5) is 0 Å².